The first-order chi connectivity index (χ1) is 8.95. The second kappa shape index (κ2) is 6.61. The molecule has 6 heteroatoms. The molecule has 0 fully saturated rings. The van der Waals surface area contributed by atoms with Crippen LogP contribution in [0.5, 0.6) is 0 Å². The lowest BCUT2D eigenvalue weighted by atomic mass is 10.1. The van der Waals surface area contributed by atoms with Gasteiger partial charge in [-0.15, -0.1) is 5.11 Å². The second-order valence-electron chi connectivity index (χ2n) is 4.48. The van der Waals surface area contributed by atoms with Crippen LogP contribution >= 0.6 is 0 Å². The molecule has 0 aliphatic carbocycles. The predicted molar refractivity (Wildman–Crippen MR) is 71.3 cm³/mol. The van der Waals surface area contributed by atoms with Gasteiger partial charge in [-0.05, 0) is 30.2 Å². The van der Waals surface area contributed by atoms with Crippen molar-refractivity contribution in [3.05, 3.63) is 29.8 Å². The standard InChI is InChI=1S/C13H17N5O/c1-9(2)12(15)13(19)18(3)17-16-11-6-4-10(8-14)5-7-11/h4-7,9,12H,15H2,1-3H3. The number of nitrogens with two attached hydrogens (primary N) is 1. The average Bonchev–Trinajstić information content (AvgIpc) is 2.43. The Bertz CT molecular complexity index is 501. The highest BCUT2D eigenvalue weighted by Crippen LogP contribution is 2.13. The monoisotopic (exact) mass is 259 g/mol. The van der Waals surface area contributed by atoms with Crippen LogP contribution in [0.1, 0.15) is 19.4 Å². The Balaban J connectivity index is 2.70. The SMILES string of the molecule is CC(C)C(N)C(=O)N(C)N=Nc1ccc(C#N)cc1. The maximum absolute atomic E-state index is 11.8. The molecule has 0 saturated carbocycles. The summed E-state index contributed by atoms with van der Waals surface area (Å²) >= 11 is 0. The number of amides is 1. The molecule has 0 saturated heterocycles. The van der Waals surface area contributed by atoms with Crippen LogP contribution in [-0.4, -0.2) is 24.0 Å². The van der Waals surface area contributed by atoms with Gasteiger partial charge in [0.2, 0.25) is 0 Å². The van der Waals surface area contributed by atoms with E-state index in [1.807, 2.05) is 19.9 Å². The van der Waals surface area contributed by atoms with Crippen molar-refractivity contribution in [2.24, 2.45) is 22.0 Å². The molecule has 19 heavy (non-hydrogen) atoms. The van der Waals surface area contributed by atoms with E-state index in [4.69, 9.17) is 11.0 Å². The quantitative estimate of drug-likeness (QED) is 0.661. The van der Waals surface area contributed by atoms with Gasteiger partial charge in [0.15, 0.2) is 0 Å². The number of nitriles is 1. The van der Waals surface area contributed by atoms with Crippen molar-refractivity contribution in [3.8, 4) is 6.07 Å². The van der Waals surface area contributed by atoms with E-state index in [0.29, 0.717) is 11.3 Å². The number of carbonyl (C=O) groups excluding carboxylic acids is 1. The first kappa shape index (κ1) is 14.8. The second-order valence-corrected chi connectivity index (χ2v) is 4.48. The van der Waals surface area contributed by atoms with E-state index < -0.39 is 6.04 Å². The van der Waals surface area contributed by atoms with Gasteiger partial charge in [-0.3, -0.25) is 4.79 Å². The van der Waals surface area contributed by atoms with Gasteiger partial charge in [-0.25, -0.2) is 5.01 Å². The first-order valence-corrected chi connectivity index (χ1v) is 5.90. The van der Waals surface area contributed by atoms with Crippen molar-refractivity contribution in [3.63, 3.8) is 0 Å². The predicted octanol–water partition coefficient (Wildman–Crippen LogP) is 2.00. The summed E-state index contributed by atoms with van der Waals surface area (Å²) in [6.07, 6.45) is 0. The number of nitrogens with zero attached hydrogens (tertiary/aromatic N) is 4. The minimum absolute atomic E-state index is 0.0417. The van der Waals surface area contributed by atoms with Gasteiger partial charge < -0.3 is 5.73 Å². The summed E-state index contributed by atoms with van der Waals surface area (Å²) in [6.45, 7) is 3.74. The Hall–Kier alpha value is -2.26. The van der Waals surface area contributed by atoms with Gasteiger partial charge in [-0.2, -0.15) is 5.26 Å². The molecule has 0 radical (unpaired) electrons. The fourth-order valence-electron chi connectivity index (χ4n) is 1.27. The highest BCUT2D eigenvalue weighted by atomic mass is 16.2. The smallest absolute Gasteiger partial charge is 0.260 e. The van der Waals surface area contributed by atoms with Crippen LogP contribution < -0.4 is 5.73 Å². The van der Waals surface area contributed by atoms with E-state index in [2.05, 4.69) is 10.3 Å². The molecule has 1 atom stereocenters. The number of hydrogen-bond acceptors (Lipinski definition) is 5. The van der Waals surface area contributed by atoms with E-state index in [1.165, 1.54) is 7.05 Å². The molecule has 0 aromatic heterocycles. The maximum atomic E-state index is 11.8. The molecule has 0 aliphatic rings. The normalized spacial score (nSPS) is 12.4. The molecule has 6 nitrogen and oxygen atoms in total. The molecular formula is C13H17N5O. The van der Waals surface area contributed by atoms with Gasteiger partial charge in [0.05, 0.1) is 23.4 Å². The zero-order valence-electron chi connectivity index (χ0n) is 11.2. The Labute approximate surface area is 112 Å². The molecule has 0 spiro atoms. The summed E-state index contributed by atoms with van der Waals surface area (Å²) < 4.78 is 0. The molecule has 1 aromatic carbocycles. The summed E-state index contributed by atoms with van der Waals surface area (Å²) in [5.74, 6) is -0.243. The van der Waals surface area contributed by atoms with Gasteiger partial charge in [0.1, 0.15) is 0 Å². The molecule has 100 valence electrons. The number of rotatable bonds is 4. The minimum atomic E-state index is -0.593. The average molecular weight is 259 g/mol. The van der Waals surface area contributed by atoms with Gasteiger partial charge in [0, 0.05) is 7.05 Å². The molecule has 0 aliphatic heterocycles. The van der Waals surface area contributed by atoms with Crippen LogP contribution in [0.2, 0.25) is 0 Å². The molecule has 2 N–H and O–H groups in total. The van der Waals surface area contributed by atoms with Crippen molar-refractivity contribution < 1.29 is 4.79 Å². The lowest BCUT2D eigenvalue weighted by Crippen LogP contribution is -2.42. The van der Waals surface area contributed by atoms with Crippen LogP contribution in [-0.2, 0) is 4.79 Å². The van der Waals surface area contributed by atoms with Crippen LogP contribution in [0, 0.1) is 17.2 Å². The molecule has 0 bridgehead atoms. The molecule has 0 heterocycles. The van der Waals surface area contributed by atoms with Crippen molar-refractivity contribution in [1.29, 1.82) is 5.26 Å². The van der Waals surface area contributed by atoms with Crippen LogP contribution in [0.3, 0.4) is 0 Å². The Kier molecular flexibility index (Phi) is 5.15. The van der Waals surface area contributed by atoms with Crippen molar-refractivity contribution in [2.75, 3.05) is 7.05 Å². The third-order valence-electron chi connectivity index (χ3n) is 2.61. The third kappa shape index (κ3) is 4.16. The third-order valence-corrected chi connectivity index (χ3v) is 2.61. The van der Waals surface area contributed by atoms with Crippen LogP contribution in [0.15, 0.2) is 34.6 Å². The Morgan fingerprint density at radius 2 is 1.95 bits per heavy atom. The van der Waals surface area contributed by atoms with Gasteiger partial charge in [0.25, 0.3) is 5.91 Å². The minimum Gasteiger partial charge on any atom is -0.320 e. The van der Waals surface area contributed by atoms with Crippen molar-refractivity contribution in [1.82, 2.24) is 5.01 Å². The Morgan fingerprint density at radius 1 is 1.37 bits per heavy atom. The Morgan fingerprint density at radius 3 is 2.42 bits per heavy atom. The van der Waals surface area contributed by atoms with Gasteiger partial charge in [-0.1, -0.05) is 19.1 Å². The molecule has 1 amide bonds. The lowest BCUT2D eigenvalue weighted by molar-refractivity contribution is -0.132. The van der Waals surface area contributed by atoms with Crippen LogP contribution in [0.4, 0.5) is 5.69 Å². The van der Waals surface area contributed by atoms with E-state index in [1.54, 1.807) is 24.3 Å². The summed E-state index contributed by atoms with van der Waals surface area (Å²) in [6, 6.07) is 8.00. The summed E-state index contributed by atoms with van der Waals surface area (Å²) in [5.41, 5.74) is 6.85. The van der Waals surface area contributed by atoms with Crippen molar-refractivity contribution in [2.45, 2.75) is 19.9 Å². The first-order valence-electron chi connectivity index (χ1n) is 5.90. The molecular weight excluding hydrogens is 242 g/mol. The fourth-order valence-corrected chi connectivity index (χ4v) is 1.27. The summed E-state index contributed by atoms with van der Waals surface area (Å²) in [5, 5.41) is 17.5. The zero-order chi connectivity index (χ0) is 14.4. The maximum Gasteiger partial charge on any atom is 0.260 e. The highest BCUT2D eigenvalue weighted by molar-refractivity contribution is 5.81. The number of benzene rings is 1. The largest absolute Gasteiger partial charge is 0.320 e. The summed E-state index contributed by atoms with van der Waals surface area (Å²) in [7, 11) is 1.51. The lowest BCUT2D eigenvalue weighted by Gasteiger charge is -2.18. The molecule has 1 aromatic rings. The van der Waals surface area contributed by atoms with Crippen LogP contribution in [0.25, 0.3) is 0 Å². The van der Waals surface area contributed by atoms with Gasteiger partial charge >= 0.3 is 0 Å². The molecule has 1 unspecified atom stereocenters. The summed E-state index contributed by atoms with van der Waals surface area (Å²) in [4.78, 5) is 11.8. The zero-order valence-corrected chi connectivity index (χ0v) is 11.2. The van der Waals surface area contributed by atoms with E-state index in [0.717, 1.165) is 5.01 Å². The number of hydrogen-bond donors (Lipinski definition) is 1. The van der Waals surface area contributed by atoms with Crippen molar-refractivity contribution >= 4 is 11.6 Å². The van der Waals surface area contributed by atoms with E-state index in [-0.39, 0.29) is 11.8 Å². The highest BCUT2D eigenvalue weighted by Gasteiger charge is 2.20. The van der Waals surface area contributed by atoms with E-state index >= 15 is 0 Å². The van der Waals surface area contributed by atoms with E-state index in [9.17, 15) is 4.79 Å². The number of carbonyl (C=O) groups is 1. The topological polar surface area (TPSA) is 94.8 Å². The molecule has 1 rings (SSSR count). The fraction of sp³-hybridized carbons (Fsp3) is 0.385. The number of likely N-dealkylation sites (N-methyl/N-ethyl adjacent to an activating group) is 1.